The second-order valence-electron chi connectivity index (χ2n) is 6.12. The van der Waals surface area contributed by atoms with E-state index < -0.39 is 16.6 Å². The molecule has 1 aromatic heterocycles. The monoisotopic (exact) mass is 351 g/mol. The number of hydrogen-bond acceptors (Lipinski definition) is 5. The topological polar surface area (TPSA) is 67.4 Å². The molecule has 3 rings (SSSR count). The van der Waals surface area contributed by atoms with Gasteiger partial charge in [0.05, 0.1) is 0 Å². The van der Waals surface area contributed by atoms with Crippen molar-refractivity contribution in [3.8, 4) is 0 Å². The van der Waals surface area contributed by atoms with Gasteiger partial charge in [-0.1, -0.05) is 6.07 Å². The molecule has 0 aliphatic carbocycles. The summed E-state index contributed by atoms with van der Waals surface area (Å²) in [6.07, 6.45) is 1.43. The fourth-order valence-corrected chi connectivity index (χ4v) is 3.26. The SMILES string of the molecule is CC(c1ccc(F)cc1F)N1CCN(c2c([N+](=O)[O-])ncn2C)CC1. The van der Waals surface area contributed by atoms with Gasteiger partial charge in [0.15, 0.2) is 0 Å². The van der Waals surface area contributed by atoms with Crippen LogP contribution in [-0.4, -0.2) is 45.6 Å². The van der Waals surface area contributed by atoms with Crippen molar-refractivity contribution >= 4 is 11.6 Å². The van der Waals surface area contributed by atoms with Crippen molar-refractivity contribution in [2.45, 2.75) is 13.0 Å². The zero-order valence-corrected chi connectivity index (χ0v) is 14.0. The summed E-state index contributed by atoms with van der Waals surface area (Å²) < 4.78 is 28.7. The van der Waals surface area contributed by atoms with Crippen LogP contribution >= 0.6 is 0 Å². The Morgan fingerprint density at radius 3 is 2.52 bits per heavy atom. The quantitative estimate of drug-likeness (QED) is 0.625. The summed E-state index contributed by atoms with van der Waals surface area (Å²) in [5, 5.41) is 11.1. The second kappa shape index (κ2) is 6.75. The first-order valence-electron chi connectivity index (χ1n) is 7.98. The Bertz CT molecular complexity index is 787. The fraction of sp³-hybridized carbons (Fsp3) is 0.438. The minimum absolute atomic E-state index is 0.159. The molecule has 0 radical (unpaired) electrons. The molecule has 1 aliphatic rings. The minimum atomic E-state index is -0.596. The Hall–Kier alpha value is -2.55. The van der Waals surface area contributed by atoms with Gasteiger partial charge in [-0.15, -0.1) is 0 Å². The van der Waals surface area contributed by atoms with Gasteiger partial charge in [0.25, 0.3) is 0 Å². The number of rotatable bonds is 4. The van der Waals surface area contributed by atoms with Gasteiger partial charge in [0.1, 0.15) is 11.6 Å². The number of anilines is 1. The molecule has 134 valence electrons. The molecular weight excluding hydrogens is 332 g/mol. The van der Waals surface area contributed by atoms with Gasteiger partial charge >= 0.3 is 5.82 Å². The molecule has 0 N–H and O–H groups in total. The average Bonchev–Trinajstić information content (AvgIpc) is 2.96. The van der Waals surface area contributed by atoms with Crippen LogP contribution in [0.15, 0.2) is 24.5 Å². The lowest BCUT2D eigenvalue weighted by Crippen LogP contribution is -2.48. The smallest absolute Gasteiger partial charge is 0.358 e. The molecule has 2 aromatic rings. The van der Waals surface area contributed by atoms with E-state index in [4.69, 9.17) is 0 Å². The lowest BCUT2D eigenvalue weighted by molar-refractivity contribution is -0.388. The maximum absolute atomic E-state index is 14.0. The van der Waals surface area contributed by atoms with Crippen LogP contribution in [0.4, 0.5) is 20.4 Å². The van der Waals surface area contributed by atoms with E-state index in [1.54, 1.807) is 11.6 Å². The molecule has 9 heteroatoms. The highest BCUT2D eigenvalue weighted by Crippen LogP contribution is 2.29. The van der Waals surface area contributed by atoms with E-state index in [9.17, 15) is 18.9 Å². The largest absolute Gasteiger partial charge is 0.406 e. The van der Waals surface area contributed by atoms with Crippen molar-refractivity contribution in [3.63, 3.8) is 0 Å². The van der Waals surface area contributed by atoms with Crippen molar-refractivity contribution in [1.82, 2.24) is 14.5 Å². The summed E-state index contributed by atoms with van der Waals surface area (Å²) in [4.78, 5) is 18.5. The Balaban J connectivity index is 1.72. The summed E-state index contributed by atoms with van der Waals surface area (Å²) in [6.45, 7) is 4.22. The van der Waals surface area contributed by atoms with Gasteiger partial charge in [-0.05, 0) is 22.9 Å². The number of nitrogens with zero attached hydrogens (tertiary/aromatic N) is 5. The lowest BCUT2D eigenvalue weighted by atomic mass is 10.1. The Morgan fingerprint density at radius 2 is 1.92 bits per heavy atom. The maximum atomic E-state index is 14.0. The van der Waals surface area contributed by atoms with Gasteiger partial charge < -0.3 is 15.0 Å². The Morgan fingerprint density at radius 1 is 1.24 bits per heavy atom. The summed E-state index contributed by atoms with van der Waals surface area (Å²) in [6, 6.07) is 3.41. The highest BCUT2D eigenvalue weighted by atomic mass is 19.1. The third kappa shape index (κ3) is 3.32. The third-order valence-electron chi connectivity index (χ3n) is 4.63. The van der Waals surface area contributed by atoms with Crippen LogP contribution in [0.5, 0.6) is 0 Å². The van der Waals surface area contributed by atoms with Crippen molar-refractivity contribution < 1.29 is 13.7 Å². The van der Waals surface area contributed by atoms with Crippen LogP contribution in [-0.2, 0) is 7.05 Å². The van der Waals surface area contributed by atoms with Crippen molar-refractivity contribution in [3.05, 3.63) is 51.8 Å². The van der Waals surface area contributed by atoms with Crippen LogP contribution in [0.25, 0.3) is 0 Å². The summed E-state index contributed by atoms with van der Waals surface area (Å²) >= 11 is 0. The van der Waals surface area contributed by atoms with E-state index in [1.165, 1.54) is 18.5 Å². The van der Waals surface area contributed by atoms with Gasteiger partial charge in [-0.2, -0.15) is 0 Å². The van der Waals surface area contributed by atoms with Crippen LogP contribution in [0.1, 0.15) is 18.5 Å². The number of halogens is 2. The number of aromatic nitrogens is 2. The van der Waals surface area contributed by atoms with Crippen molar-refractivity contribution in [2.75, 3.05) is 31.1 Å². The van der Waals surface area contributed by atoms with Gasteiger partial charge in [0.2, 0.25) is 12.1 Å². The molecule has 1 aliphatic heterocycles. The predicted molar refractivity (Wildman–Crippen MR) is 88.4 cm³/mol. The number of nitro groups is 1. The minimum Gasteiger partial charge on any atom is -0.358 e. The summed E-state index contributed by atoms with van der Waals surface area (Å²) in [5.41, 5.74) is 0.446. The molecule has 1 fully saturated rings. The predicted octanol–water partition coefficient (Wildman–Crippen LogP) is 2.49. The first-order chi connectivity index (χ1) is 11.9. The van der Waals surface area contributed by atoms with Crippen LogP contribution in [0.3, 0.4) is 0 Å². The zero-order chi connectivity index (χ0) is 18.1. The molecule has 1 aromatic carbocycles. The Kier molecular flexibility index (Phi) is 4.67. The first kappa shape index (κ1) is 17.3. The van der Waals surface area contributed by atoms with E-state index >= 15 is 0 Å². The molecule has 25 heavy (non-hydrogen) atoms. The summed E-state index contributed by atoms with van der Waals surface area (Å²) in [5.74, 6) is -0.835. The molecule has 1 unspecified atom stereocenters. The summed E-state index contributed by atoms with van der Waals surface area (Å²) in [7, 11) is 1.72. The standard InChI is InChI=1S/C16H19F2N5O2/c1-11(13-4-3-12(17)9-14(13)18)21-5-7-22(8-6-21)16-15(23(24)25)19-10-20(16)2/h3-4,9-11H,5-8H2,1-2H3. The lowest BCUT2D eigenvalue weighted by Gasteiger charge is -2.38. The van der Waals surface area contributed by atoms with Gasteiger partial charge in [0, 0.05) is 50.9 Å². The van der Waals surface area contributed by atoms with E-state index in [1.807, 2.05) is 11.8 Å². The van der Waals surface area contributed by atoms with E-state index in [2.05, 4.69) is 9.88 Å². The molecule has 0 amide bonds. The van der Waals surface area contributed by atoms with E-state index in [0.717, 1.165) is 6.07 Å². The second-order valence-corrected chi connectivity index (χ2v) is 6.12. The molecule has 0 saturated carbocycles. The first-order valence-corrected chi connectivity index (χ1v) is 7.98. The molecule has 1 atom stereocenters. The Labute approximate surface area is 143 Å². The van der Waals surface area contributed by atoms with Crippen molar-refractivity contribution in [2.24, 2.45) is 7.05 Å². The van der Waals surface area contributed by atoms with Crippen molar-refractivity contribution in [1.29, 1.82) is 0 Å². The maximum Gasteiger partial charge on any atom is 0.406 e. The van der Waals surface area contributed by atoms with Gasteiger partial charge in [-0.3, -0.25) is 9.47 Å². The van der Waals surface area contributed by atoms with Crippen LogP contribution in [0.2, 0.25) is 0 Å². The molecule has 2 heterocycles. The fourth-order valence-electron chi connectivity index (χ4n) is 3.26. The molecule has 7 nitrogen and oxygen atoms in total. The zero-order valence-electron chi connectivity index (χ0n) is 14.0. The molecule has 0 bridgehead atoms. The molecule has 0 spiro atoms. The number of benzene rings is 1. The molecular formula is C16H19F2N5O2. The molecule has 1 saturated heterocycles. The van der Waals surface area contributed by atoms with Crippen LogP contribution < -0.4 is 4.90 Å². The van der Waals surface area contributed by atoms with E-state index in [0.29, 0.717) is 37.6 Å². The number of aryl methyl sites for hydroxylation is 1. The number of piperazine rings is 1. The highest BCUT2D eigenvalue weighted by molar-refractivity contribution is 5.54. The van der Waals surface area contributed by atoms with Gasteiger partial charge in [-0.25, -0.2) is 8.78 Å². The average molecular weight is 351 g/mol. The number of hydrogen-bond donors (Lipinski definition) is 0. The van der Waals surface area contributed by atoms with E-state index in [-0.39, 0.29) is 11.9 Å². The normalized spacial score (nSPS) is 16.9. The van der Waals surface area contributed by atoms with Crippen LogP contribution in [0, 0.1) is 21.7 Å². The third-order valence-corrected chi connectivity index (χ3v) is 4.63. The number of imidazole rings is 1. The highest BCUT2D eigenvalue weighted by Gasteiger charge is 2.30.